The molecule has 0 saturated carbocycles. The Morgan fingerprint density at radius 2 is 2.00 bits per heavy atom. The van der Waals surface area contributed by atoms with Crippen molar-refractivity contribution in [3.05, 3.63) is 47.3 Å². The van der Waals surface area contributed by atoms with E-state index in [9.17, 15) is 4.79 Å². The van der Waals surface area contributed by atoms with Crippen LogP contribution in [-0.2, 0) is 11.3 Å². The second kappa shape index (κ2) is 8.83. The van der Waals surface area contributed by atoms with E-state index in [1.54, 1.807) is 24.6 Å². The maximum absolute atomic E-state index is 10.6. The minimum Gasteiger partial charge on any atom is -0.492 e. The van der Waals surface area contributed by atoms with Gasteiger partial charge < -0.3 is 19.9 Å². The van der Waals surface area contributed by atoms with Crippen molar-refractivity contribution in [3.63, 3.8) is 0 Å². The summed E-state index contributed by atoms with van der Waals surface area (Å²) in [7, 11) is 1.64. The van der Waals surface area contributed by atoms with Gasteiger partial charge in [-0.3, -0.25) is 4.98 Å². The Hall–Kier alpha value is -3.30. The fourth-order valence-corrected chi connectivity index (χ4v) is 4.46. The number of methoxy groups -OCH3 is 1. The van der Waals surface area contributed by atoms with E-state index in [-0.39, 0.29) is 13.2 Å². The van der Waals surface area contributed by atoms with Gasteiger partial charge in [0.15, 0.2) is 0 Å². The van der Waals surface area contributed by atoms with Gasteiger partial charge >= 0.3 is 6.09 Å². The largest absolute Gasteiger partial charge is 0.492 e. The maximum Gasteiger partial charge on any atom is 0.404 e. The third-order valence-electron chi connectivity index (χ3n) is 4.67. The highest BCUT2D eigenvalue weighted by atomic mass is 32.1. The summed E-state index contributed by atoms with van der Waals surface area (Å²) in [5.74, 6) is 0.686. The SMILES string of the molecule is COCc1cnc2c(-c3nc4c(C)cc(OCCNC(=O)O)cc4s3)cc(C)cc2n1. The first kappa shape index (κ1) is 21.0. The molecule has 2 aromatic heterocycles. The fourth-order valence-electron chi connectivity index (χ4n) is 3.37. The zero-order valence-electron chi connectivity index (χ0n) is 17.4. The smallest absolute Gasteiger partial charge is 0.404 e. The number of hydrogen-bond acceptors (Lipinski definition) is 7. The van der Waals surface area contributed by atoms with Gasteiger partial charge in [-0.2, -0.15) is 0 Å². The molecule has 160 valence electrons. The van der Waals surface area contributed by atoms with Crippen molar-refractivity contribution in [2.75, 3.05) is 20.3 Å². The van der Waals surface area contributed by atoms with E-state index >= 15 is 0 Å². The first-order valence-electron chi connectivity index (χ1n) is 9.71. The van der Waals surface area contributed by atoms with Crippen LogP contribution in [0.1, 0.15) is 16.8 Å². The number of amides is 1. The summed E-state index contributed by atoms with van der Waals surface area (Å²) in [6, 6.07) is 7.94. The van der Waals surface area contributed by atoms with Gasteiger partial charge in [-0.1, -0.05) is 0 Å². The van der Waals surface area contributed by atoms with E-state index in [0.29, 0.717) is 12.4 Å². The molecule has 8 nitrogen and oxygen atoms in total. The molecule has 0 aliphatic carbocycles. The highest BCUT2D eigenvalue weighted by molar-refractivity contribution is 7.21. The van der Waals surface area contributed by atoms with E-state index in [2.05, 4.69) is 21.4 Å². The molecule has 2 heterocycles. The lowest BCUT2D eigenvalue weighted by atomic mass is 10.1. The van der Waals surface area contributed by atoms with Crippen LogP contribution in [0.4, 0.5) is 4.79 Å². The van der Waals surface area contributed by atoms with Gasteiger partial charge in [-0.25, -0.2) is 14.8 Å². The van der Waals surface area contributed by atoms with E-state index in [1.807, 2.05) is 32.0 Å². The molecular formula is C22H22N4O4S. The number of ether oxygens (including phenoxy) is 2. The molecule has 4 rings (SSSR count). The number of aromatic nitrogens is 3. The Balaban J connectivity index is 1.70. The van der Waals surface area contributed by atoms with Gasteiger partial charge in [0.05, 0.1) is 46.3 Å². The summed E-state index contributed by atoms with van der Waals surface area (Å²) in [6.45, 7) is 4.91. The second-order valence-corrected chi connectivity index (χ2v) is 8.19. The topological polar surface area (TPSA) is 106 Å². The first-order valence-corrected chi connectivity index (χ1v) is 10.5. The predicted molar refractivity (Wildman–Crippen MR) is 120 cm³/mol. The Morgan fingerprint density at radius 3 is 2.77 bits per heavy atom. The van der Waals surface area contributed by atoms with Crippen molar-refractivity contribution >= 4 is 38.7 Å². The zero-order valence-corrected chi connectivity index (χ0v) is 18.2. The molecule has 1 amide bonds. The normalized spacial score (nSPS) is 11.2. The van der Waals surface area contributed by atoms with E-state index in [1.165, 1.54) is 0 Å². The minimum absolute atomic E-state index is 0.222. The van der Waals surface area contributed by atoms with Crippen LogP contribution >= 0.6 is 11.3 Å². The molecule has 0 fully saturated rings. The van der Waals surface area contributed by atoms with Crippen LogP contribution in [-0.4, -0.2) is 46.4 Å². The van der Waals surface area contributed by atoms with Crippen molar-refractivity contribution in [1.82, 2.24) is 20.3 Å². The number of rotatable bonds is 7. The summed E-state index contributed by atoms with van der Waals surface area (Å²) in [5.41, 5.74) is 6.33. The lowest BCUT2D eigenvalue weighted by molar-refractivity contribution is 0.181. The predicted octanol–water partition coefficient (Wildman–Crippen LogP) is 4.32. The molecule has 31 heavy (non-hydrogen) atoms. The highest BCUT2D eigenvalue weighted by Gasteiger charge is 2.15. The maximum atomic E-state index is 10.6. The molecule has 0 unspecified atom stereocenters. The molecule has 0 spiro atoms. The summed E-state index contributed by atoms with van der Waals surface area (Å²) in [5, 5.41) is 11.8. The van der Waals surface area contributed by atoms with E-state index in [0.717, 1.165) is 48.6 Å². The summed E-state index contributed by atoms with van der Waals surface area (Å²) < 4.78 is 11.9. The van der Waals surface area contributed by atoms with E-state index < -0.39 is 6.09 Å². The third-order valence-corrected chi connectivity index (χ3v) is 5.71. The number of aryl methyl sites for hydroxylation is 2. The van der Waals surface area contributed by atoms with Crippen LogP contribution in [0.2, 0.25) is 0 Å². The highest BCUT2D eigenvalue weighted by Crippen LogP contribution is 2.37. The molecule has 0 aliphatic rings. The van der Waals surface area contributed by atoms with Crippen molar-refractivity contribution < 1.29 is 19.4 Å². The summed E-state index contributed by atoms with van der Waals surface area (Å²) >= 11 is 1.57. The average Bonchev–Trinajstić information content (AvgIpc) is 3.15. The Labute approximate surface area is 182 Å². The van der Waals surface area contributed by atoms with Crippen molar-refractivity contribution in [2.45, 2.75) is 20.5 Å². The molecule has 0 aliphatic heterocycles. The summed E-state index contributed by atoms with van der Waals surface area (Å²) in [6.07, 6.45) is 0.672. The number of benzene rings is 2. The fraction of sp³-hybridized carbons (Fsp3) is 0.273. The molecule has 0 radical (unpaired) electrons. The minimum atomic E-state index is -1.06. The third kappa shape index (κ3) is 4.57. The number of nitrogens with one attached hydrogen (secondary N) is 1. The Morgan fingerprint density at radius 1 is 1.16 bits per heavy atom. The number of carbonyl (C=O) groups is 1. The molecule has 0 atom stereocenters. The Kier molecular flexibility index (Phi) is 5.97. The van der Waals surface area contributed by atoms with Gasteiger partial charge in [0.25, 0.3) is 0 Å². The van der Waals surface area contributed by atoms with Crippen molar-refractivity contribution in [2.24, 2.45) is 0 Å². The van der Waals surface area contributed by atoms with Gasteiger partial charge in [0.1, 0.15) is 17.4 Å². The van der Waals surface area contributed by atoms with Crippen LogP contribution in [0.3, 0.4) is 0 Å². The molecule has 9 heteroatoms. The number of thiazole rings is 1. The Bertz CT molecular complexity index is 1270. The van der Waals surface area contributed by atoms with Gasteiger partial charge in [0.2, 0.25) is 0 Å². The van der Waals surface area contributed by atoms with Crippen LogP contribution in [0, 0.1) is 13.8 Å². The van der Waals surface area contributed by atoms with Crippen LogP contribution in [0.25, 0.3) is 31.8 Å². The zero-order chi connectivity index (χ0) is 22.0. The monoisotopic (exact) mass is 438 g/mol. The van der Waals surface area contributed by atoms with Gasteiger partial charge in [-0.15, -0.1) is 11.3 Å². The van der Waals surface area contributed by atoms with Crippen molar-refractivity contribution in [3.8, 4) is 16.3 Å². The number of fused-ring (bicyclic) bond motifs is 2. The summed E-state index contributed by atoms with van der Waals surface area (Å²) in [4.78, 5) is 24.7. The van der Waals surface area contributed by atoms with Crippen LogP contribution < -0.4 is 10.1 Å². The van der Waals surface area contributed by atoms with Crippen molar-refractivity contribution in [1.29, 1.82) is 0 Å². The average molecular weight is 439 g/mol. The van der Waals surface area contributed by atoms with Gasteiger partial charge in [-0.05, 0) is 49.2 Å². The standard InChI is InChI=1S/C22H22N4O4S/c1-12-6-16(20-17(7-12)25-14(10-24-20)11-29-3)21-26-19-13(2)8-15(9-18(19)31-21)30-5-4-23-22(27)28/h6-10,23H,4-5,11H2,1-3H3,(H,27,28). The van der Waals surface area contributed by atoms with E-state index in [4.69, 9.17) is 19.6 Å². The molecule has 0 saturated heterocycles. The number of nitrogens with zero attached hydrogens (tertiary/aromatic N) is 3. The number of carboxylic acid groups (broad SMARTS) is 1. The quantitative estimate of drug-likeness (QED) is 0.414. The lowest BCUT2D eigenvalue weighted by Gasteiger charge is -2.07. The molecule has 4 aromatic rings. The molecule has 2 N–H and O–H groups in total. The molecule has 0 bridgehead atoms. The first-order chi connectivity index (χ1) is 14.9. The second-order valence-electron chi connectivity index (χ2n) is 7.16. The number of hydrogen-bond donors (Lipinski definition) is 2. The van der Waals surface area contributed by atoms with Gasteiger partial charge in [0, 0.05) is 12.7 Å². The molecule has 2 aromatic carbocycles. The lowest BCUT2D eigenvalue weighted by Crippen LogP contribution is -2.26. The molecular weight excluding hydrogens is 416 g/mol. The van der Waals surface area contributed by atoms with Crippen LogP contribution in [0.5, 0.6) is 5.75 Å². The van der Waals surface area contributed by atoms with Crippen LogP contribution in [0.15, 0.2) is 30.5 Å².